The number of benzene rings is 1. The second-order valence-corrected chi connectivity index (χ2v) is 7.91. The molecule has 0 amide bonds. The number of hydrogen-bond acceptors (Lipinski definition) is 3. The summed E-state index contributed by atoms with van der Waals surface area (Å²) in [6.07, 6.45) is 4.91. The first-order valence-electron chi connectivity index (χ1n) is 7.55. The fourth-order valence-corrected chi connectivity index (χ4v) is 4.78. The van der Waals surface area contributed by atoms with Crippen molar-refractivity contribution in [3.63, 3.8) is 0 Å². The smallest absolute Gasteiger partial charge is 0.236 e. The third-order valence-electron chi connectivity index (χ3n) is 4.71. The van der Waals surface area contributed by atoms with Gasteiger partial charge in [-0.25, -0.2) is 8.42 Å². The first kappa shape index (κ1) is 14.8. The lowest BCUT2D eigenvalue weighted by Crippen LogP contribution is -2.38. The molecule has 1 saturated heterocycles. The molecule has 3 unspecified atom stereocenters. The lowest BCUT2D eigenvalue weighted by Gasteiger charge is -2.29. The van der Waals surface area contributed by atoms with E-state index in [1.54, 1.807) is 10.4 Å². The van der Waals surface area contributed by atoms with Crippen LogP contribution >= 0.6 is 0 Å². The van der Waals surface area contributed by atoms with Crippen LogP contribution in [0.15, 0.2) is 35.7 Å². The molecule has 0 aromatic heterocycles. The molecule has 0 radical (unpaired) electrons. The van der Waals surface area contributed by atoms with Gasteiger partial charge < -0.3 is 5.73 Å². The van der Waals surface area contributed by atoms with Crippen LogP contribution in [-0.4, -0.2) is 31.9 Å². The lowest BCUT2D eigenvalue weighted by molar-refractivity contribution is 0.260. The summed E-state index contributed by atoms with van der Waals surface area (Å²) in [6, 6.07) is 9.66. The molecule has 0 spiro atoms. The Kier molecular flexibility index (Phi) is 4.15. The number of sulfonamides is 1. The second-order valence-electron chi connectivity index (χ2n) is 6.09. The Labute approximate surface area is 126 Å². The second kappa shape index (κ2) is 5.91. The van der Waals surface area contributed by atoms with E-state index in [0.717, 1.165) is 24.8 Å². The van der Waals surface area contributed by atoms with Crippen LogP contribution in [0.2, 0.25) is 0 Å². The molecular weight excluding hydrogens is 284 g/mol. The van der Waals surface area contributed by atoms with Crippen molar-refractivity contribution < 1.29 is 8.42 Å². The van der Waals surface area contributed by atoms with Gasteiger partial charge in [0.15, 0.2) is 0 Å². The molecule has 1 saturated carbocycles. The molecule has 0 bridgehead atoms. The van der Waals surface area contributed by atoms with Crippen LogP contribution in [0.3, 0.4) is 0 Å². The number of nitrogens with two attached hydrogens (primary N) is 1. The standard InChI is InChI=1S/C16H22N2O2S/c17-16-8-4-7-14-11-18(12-15(14)16)21(19,20)10-9-13-5-2-1-3-6-13/h1-3,5-6,9-10,14-16H,4,7-8,11-12,17H2/b10-9+. The maximum absolute atomic E-state index is 12.5. The SMILES string of the molecule is NC1CCCC2CN(S(=O)(=O)/C=C/c3ccccc3)CC12. The molecule has 1 aliphatic heterocycles. The zero-order chi connectivity index (χ0) is 14.9. The van der Waals surface area contributed by atoms with E-state index in [2.05, 4.69) is 0 Å². The summed E-state index contributed by atoms with van der Waals surface area (Å²) in [5.74, 6) is 0.771. The van der Waals surface area contributed by atoms with Crippen LogP contribution in [-0.2, 0) is 10.0 Å². The first-order chi connectivity index (χ1) is 10.1. The van der Waals surface area contributed by atoms with Gasteiger partial charge >= 0.3 is 0 Å². The highest BCUT2D eigenvalue weighted by atomic mass is 32.2. The number of hydrogen-bond donors (Lipinski definition) is 1. The van der Waals surface area contributed by atoms with Crippen molar-refractivity contribution in [2.75, 3.05) is 13.1 Å². The van der Waals surface area contributed by atoms with Crippen molar-refractivity contribution in [2.45, 2.75) is 25.3 Å². The van der Waals surface area contributed by atoms with E-state index in [1.165, 1.54) is 5.41 Å². The Bertz CT molecular complexity index is 612. The van der Waals surface area contributed by atoms with E-state index in [0.29, 0.717) is 24.9 Å². The number of nitrogens with zero attached hydrogens (tertiary/aromatic N) is 1. The van der Waals surface area contributed by atoms with Crippen molar-refractivity contribution in [3.05, 3.63) is 41.3 Å². The lowest BCUT2D eigenvalue weighted by atomic mass is 9.78. The molecule has 3 atom stereocenters. The van der Waals surface area contributed by atoms with Crippen molar-refractivity contribution in [1.82, 2.24) is 4.31 Å². The van der Waals surface area contributed by atoms with Gasteiger partial charge in [0.05, 0.1) is 0 Å². The highest BCUT2D eigenvalue weighted by Gasteiger charge is 2.42. The topological polar surface area (TPSA) is 63.4 Å². The molecule has 1 heterocycles. The van der Waals surface area contributed by atoms with Gasteiger partial charge in [-0.3, -0.25) is 0 Å². The molecule has 5 heteroatoms. The minimum absolute atomic E-state index is 0.155. The van der Waals surface area contributed by atoms with Gasteiger partial charge in [-0.2, -0.15) is 4.31 Å². The van der Waals surface area contributed by atoms with Crippen molar-refractivity contribution in [3.8, 4) is 0 Å². The molecule has 4 nitrogen and oxygen atoms in total. The van der Waals surface area contributed by atoms with E-state index in [9.17, 15) is 8.42 Å². The summed E-state index contributed by atoms with van der Waals surface area (Å²) in [6.45, 7) is 1.20. The van der Waals surface area contributed by atoms with Crippen molar-refractivity contribution in [1.29, 1.82) is 0 Å². The quantitative estimate of drug-likeness (QED) is 0.929. The van der Waals surface area contributed by atoms with Gasteiger partial charge in [0.1, 0.15) is 0 Å². The van der Waals surface area contributed by atoms with Gasteiger partial charge in [0.25, 0.3) is 0 Å². The molecule has 2 N–H and O–H groups in total. The fourth-order valence-electron chi connectivity index (χ4n) is 3.50. The number of rotatable bonds is 3. The Balaban J connectivity index is 1.73. The molecular formula is C16H22N2O2S. The van der Waals surface area contributed by atoms with Gasteiger partial charge in [0.2, 0.25) is 10.0 Å². The number of fused-ring (bicyclic) bond motifs is 1. The van der Waals surface area contributed by atoms with E-state index < -0.39 is 10.0 Å². The molecule has 1 aromatic carbocycles. The van der Waals surface area contributed by atoms with Crippen LogP contribution < -0.4 is 5.73 Å². The van der Waals surface area contributed by atoms with Gasteiger partial charge in [-0.1, -0.05) is 36.8 Å². The summed E-state index contributed by atoms with van der Waals surface area (Å²) in [5, 5.41) is 1.32. The summed E-state index contributed by atoms with van der Waals surface area (Å²) in [7, 11) is -3.34. The Morgan fingerprint density at radius 2 is 1.90 bits per heavy atom. The Morgan fingerprint density at radius 1 is 1.14 bits per heavy atom. The largest absolute Gasteiger partial charge is 0.327 e. The van der Waals surface area contributed by atoms with E-state index in [-0.39, 0.29) is 6.04 Å². The monoisotopic (exact) mass is 306 g/mol. The molecule has 2 aliphatic rings. The summed E-state index contributed by atoms with van der Waals surface area (Å²) >= 11 is 0. The van der Waals surface area contributed by atoms with E-state index in [1.807, 2.05) is 30.3 Å². The maximum Gasteiger partial charge on any atom is 0.236 e. The van der Waals surface area contributed by atoms with Gasteiger partial charge in [-0.15, -0.1) is 0 Å². The van der Waals surface area contributed by atoms with Gasteiger partial charge in [0, 0.05) is 24.5 Å². The highest BCUT2D eigenvalue weighted by molar-refractivity contribution is 7.92. The van der Waals surface area contributed by atoms with E-state index >= 15 is 0 Å². The average molecular weight is 306 g/mol. The summed E-state index contributed by atoms with van der Waals surface area (Å²) in [4.78, 5) is 0. The molecule has 1 aromatic rings. The summed E-state index contributed by atoms with van der Waals surface area (Å²) < 4.78 is 26.5. The predicted octanol–water partition coefficient (Wildman–Crippen LogP) is 2.05. The maximum atomic E-state index is 12.5. The minimum atomic E-state index is -3.34. The van der Waals surface area contributed by atoms with Crippen LogP contribution in [0.1, 0.15) is 24.8 Å². The highest BCUT2D eigenvalue weighted by Crippen LogP contribution is 2.36. The first-order valence-corrected chi connectivity index (χ1v) is 9.05. The Morgan fingerprint density at radius 3 is 2.62 bits per heavy atom. The molecule has 2 fully saturated rings. The summed E-state index contributed by atoms with van der Waals surface area (Å²) in [5.41, 5.74) is 7.05. The predicted molar refractivity (Wildman–Crippen MR) is 84.8 cm³/mol. The molecule has 3 rings (SSSR count). The zero-order valence-corrected chi connectivity index (χ0v) is 12.9. The van der Waals surface area contributed by atoms with Crippen LogP contribution in [0.4, 0.5) is 0 Å². The van der Waals surface area contributed by atoms with Crippen LogP contribution in [0, 0.1) is 11.8 Å². The van der Waals surface area contributed by atoms with E-state index in [4.69, 9.17) is 5.73 Å². The van der Waals surface area contributed by atoms with Gasteiger partial charge in [-0.05, 0) is 36.3 Å². The van der Waals surface area contributed by atoms with Crippen LogP contribution in [0.5, 0.6) is 0 Å². The third kappa shape index (κ3) is 3.20. The third-order valence-corrected chi connectivity index (χ3v) is 6.21. The van der Waals surface area contributed by atoms with Crippen molar-refractivity contribution in [2.24, 2.45) is 17.6 Å². The molecule has 114 valence electrons. The molecule has 1 aliphatic carbocycles. The average Bonchev–Trinajstić information content (AvgIpc) is 2.93. The fraction of sp³-hybridized carbons (Fsp3) is 0.500. The molecule has 21 heavy (non-hydrogen) atoms. The van der Waals surface area contributed by atoms with Crippen LogP contribution in [0.25, 0.3) is 6.08 Å². The van der Waals surface area contributed by atoms with Crippen molar-refractivity contribution >= 4 is 16.1 Å². The minimum Gasteiger partial charge on any atom is -0.327 e. The Hall–Kier alpha value is -1.17. The normalized spacial score (nSPS) is 30.6. The zero-order valence-electron chi connectivity index (χ0n) is 12.1.